The summed E-state index contributed by atoms with van der Waals surface area (Å²) in [6, 6.07) is 9.39. The molecule has 1 aliphatic heterocycles. The number of rotatable bonds is 2. The number of aryl methyl sites for hydroxylation is 1. The molecule has 1 aromatic carbocycles. The molecule has 2 heterocycles. The van der Waals surface area contributed by atoms with Crippen molar-refractivity contribution in [1.29, 1.82) is 0 Å². The average Bonchev–Trinajstić information content (AvgIpc) is 2.54. The van der Waals surface area contributed by atoms with Crippen LogP contribution in [-0.2, 0) is 11.2 Å². The van der Waals surface area contributed by atoms with Gasteiger partial charge in [0, 0.05) is 30.4 Å². The Bertz CT molecular complexity index is 768. The Balaban J connectivity index is 1.98. The largest absolute Gasteiger partial charge is 0.478 e. The Hall–Kier alpha value is -2.69. The minimum Gasteiger partial charge on any atom is -0.478 e. The number of aromatic nitrogens is 1. The fraction of sp³-hybridized carbons (Fsp3) is 0.278. The monoisotopic (exact) mass is 310 g/mol. The number of aromatic carboxylic acids is 1. The molecule has 23 heavy (non-hydrogen) atoms. The van der Waals surface area contributed by atoms with Crippen LogP contribution in [0.15, 0.2) is 36.5 Å². The summed E-state index contributed by atoms with van der Waals surface area (Å²) in [7, 11) is 0. The topological polar surface area (TPSA) is 70.5 Å². The SMILES string of the molecule is CC(=O)N1c2ccc(-c3ccc(C(=O)O)cn3)cc2CC[C@@H]1C. The lowest BCUT2D eigenvalue weighted by atomic mass is 9.94. The van der Waals surface area contributed by atoms with Crippen molar-refractivity contribution in [2.24, 2.45) is 0 Å². The summed E-state index contributed by atoms with van der Waals surface area (Å²) in [6.07, 6.45) is 3.21. The van der Waals surface area contributed by atoms with Gasteiger partial charge in [-0.2, -0.15) is 0 Å². The summed E-state index contributed by atoms with van der Waals surface area (Å²) in [5.41, 5.74) is 3.91. The van der Waals surface area contributed by atoms with Crippen LogP contribution in [0.1, 0.15) is 36.2 Å². The van der Waals surface area contributed by atoms with E-state index >= 15 is 0 Å². The third-order valence-electron chi connectivity index (χ3n) is 4.26. The van der Waals surface area contributed by atoms with Gasteiger partial charge in [-0.15, -0.1) is 0 Å². The molecule has 0 spiro atoms. The van der Waals surface area contributed by atoms with Gasteiger partial charge in [0.25, 0.3) is 0 Å². The molecule has 1 N–H and O–H groups in total. The van der Waals surface area contributed by atoms with Crippen molar-refractivity contribution in [3.63, 3.8) is 0 Å². The molecule has 118 valence electrons. The maximum Gasteiger partial charge on any atom is 0.337 e. The standard InChI is InChI=1S/C18H18N2O3/c1-11-3-4-14-9-13(6-8-17(14)20(11)12(2)21)16-7-5-15(10-19-16)18(22)23/h5-11H,3-4H2,1-2H3,(H,22,23)/t11-/m0/s1. The van der Waals surface area contributed by atoms with Crippen molar-refractivity contribution in [2.45, 2.75) is 32.7 Å². The Kier molecular flexibility index (Phi) is 3.86. The van der Waals surface area contributed by atoms with E-state index in [0.717, 1.165) is 35.3 Å². The van der Waals surface area contributed by atoms with E-state index in [0.29, 0.717) is 0 Å². The Labute approximate surface area is 134 Å². The third kappa shape index (κ3) is 2.82. The maximum atomic E-state index is 11.9. The minimum atomic E-state index is -0.986. The first kappa shape index (κ1) is 15.2. The summed E-state index contributed by atoms with van der Waals surface area (Å²) < 4.78 is 0. The summed E-state index contributed by atoms with van der Waals surface area (Å²) in [5.74, 6) is -0.935. The van der Waals surface area contributed by atoms with Crippen LogP contribution in [0.2, 0.25) is 0 Å². The molecular formula is C18H18N2O3. The van der Waals surface area contributed by atoms with E-state index in [1.54, 1.807) is 19.1 Å². The van der Waals surface area contributed by atoms with Gasteiger partial charge >= 0.3 is 5.97 Å². The molecule has 1 aromatic heterocycles. The van der Waals surface area contributed by atoms with Crippen LogP contribution in [0.4, 0.5) is 5.69 Å². The quantitative estimate of drug-likeness (QED) is 0.925. The zero-order valence-corrected chi connectivity index (χ0v) is 13.1. The number of pyridine rings is 1. The number of carboxylic acids is 1. The molecule has 2 aromatic rings. The van der Waals surface area contributed by atoms with Gasteiger partial charge < -0.3 is 10.0 Å². The number of carbonyl (C=O) groups is 2. The second kappa shape index (κ2) is 5.83. The molecule has 1 amide bonds. The number of carboxylic acid groups (broad SMARTS) is 1. The van der Waals surface area contributed by atoms with Crippen molar-refractivity contribution in [2.75, 3.05) is 4.90 Å². The van der Waals surface area contributed by atoms with E-state index < -0.39 is 5.97 Å². The summed E-state index contributed by atoms with van der Waals surface area (Å²) in [6.45, 7) is 3.65. The van der Waals surface area contributed by atoms with E-state index in [4.69, 9.17) is 5.11 Å². The summed E-state index contributed by atoms with van der Waals surface area (Å²) in [4.78, 5) is 28.8. The lowest BCUT2D eigenvalue weighted by molar-refractivity contribution is -0.117. The zero-order chi connectivity index (χ0) is 16.6. The number of fused-ring (bicyclic) bond motifs is 1. The van der Waals surface area contributed by atoms with Crippen LogP contribution in [0.3, 0.4) is 0 Å². The zero-order valence-electron chi connectivity index (χ0n) is 13.1. The Morgan fingerprint density at radius 3 is 2.65 bits per heavy atom. The Morgan fingerprint density at radius 2 is 2.04 bits per heavy atom. The van der Waals surface area contributed by atoms with Gasteiger partial charge in [-0.3, -0.25) is 9.78 Å². The lowest BCUT2D eigenvalue weighted by Crippen LogP contribution is -2.40. The molecule has 0 bridgehead atoms. The number of hydrogen-bond donors (Lipinski definition) is 1. The van der Waals surface area contributed by atoms with Gasteiger partial charge in [0.2, 0.25) is 5.91 Å². The summed E-state index contributed by atoms with van der Waals surface area (Å²) >= 11 is 0. The minimum absolute atomic E-state index is 0.0511. The fourth-order valence-electron chi connectivity index (χ4n) is 3.08. The van der Waals surface area contributed by atoms with Crippen molar-refractivity contribution >= 4 is 17.6 Å². The van der Waals surface area contributed by atoms with Gasteiger partial charge in [-0.1, -0.05) is 6.07 Å². The second-order valence-corrected chi connectivity index (χ2v) is 5.86. The van der Waals surface area contributed by atoms with Crippen molar-refractivity contribution < 1.29 is 14.7 Å². The number of amides is 1. The summed E-state index contributed by atoms with van der Waals surface area (Å²) in [5, 5.41) is 8.93. The first-order chi connectivity index (χ1) is 11.0. The highest BCUT2D eigenvalue weighted by atomic mass is 16.4. The highest BCUT2D eigenvalue weighted by Gasteiger charge is 2.26. The van der Waals surface area contributed by atoms with Crippen molar-refractivity contribution in [3.8, 4) is 11.3 Å². The van der Waals surface area contributed by atoms with Gasteiger partial charge in [0.05, 0.1) is 11.3 Å². The van der Waals surface area contributed by atoms with Crippen LogP contribution in [-0.4, -0.2) is 28.0 Å². The molecule has 0 aliphatic carbocycles. The smallest absolute Gasteiger partial charge is 0.337 e. The van der Waals surface area contributed by atoms with E-state index in [1.165, 1.54) is 6.20 Å². The normalized spacial score (nSPS) is 16.8. The van der Waals surface area contributed by atoms with Crippen LogP contribution >= 0.6 is 0 Å². The van der Waals surface area contributed by atoms with E-state index in [-0.39, 0.29) is 17.5 Å². The molecule has 0 saturated heterocycles. The molecule has 1 aliphatic rings. The lowest BCUT2D eigenvalue weighted by Gasteiger charge is -2.34. The first-order valence-corrected chi connectivity index (χ1v) is 7.60. The average molecular weight is 310 g/mol. The molecule has 0 fully saturated rings. The molecule has 3 rings (SSSR count). The van der Waals surface area contributed by atoms with Crippen molar-refractivity contribution in [3.05, 3.63) is 47.7 Å². The molecule has 0 unspecified atom stereocenters. The number of anilines is 1. The Morgan fingerprint density at radius 1 is 1.26 bits per heavy atom. The number of nitrogens with zero attached hydrogens (tertiary/aromatic N) is 2. The second-order valence-electron chi connectivity index (χ2n) is 5.86. The molecule has 0 saturated carbocycles. The van der Waals surface area contributed by atoms with Crippen LogP contribution in [0.5, 0.6) is 0 Å². The van der Waals surface area contributed by atoms with Gasteiger partial charge in [0.15, 0.2) is 0 Å². The molecule has 0 radical (unpaired) electrons. The predicted molar refractivity (Wildman–Crippen MR) is 87.6 cm³/mol. The molecule has 5 nitrogen and oxygen atoms in total. The van der Waals surface area contributed by atoms with Gasteiger partial charge in [-0.25, -0.2) is 4.79 Å². The third-order valence-corrected chi connectivity index (χ3v) is 4.26. The fourth-order valence-corrected chi connectivity index (χ4v) is 3.08. The number of carbonyl (C=O) groups excluding carboxylic acids is 1. The first-order valence-electron chi connectivity index (χ1n) is 7.60. The van der Waals surface area contributed by atoms with Crippen molar-refractivity contribution in [1.82, 2.24) is 4.98 Å². The molecule has 1 atom stereocenters. The van der Waals surface area contributed by atoms with E-state index in [9.17, 15) is 9.59 Å². The highest BCUT2D eigenvalue weighted by molar-refractivity contribution is 5.94. The van der Waals surface area contributed by atoms with E-state index in [1.807, 2.05) is 23.1 Å². The molecular weight excluding hydrogens is 292 g/mol. The predicted octanol–water partition coefficient (Wildman–Crippen LogP) is 3.13. The number of benzene rings is 1. The number of hydrogen-bond acceptors (Lipinski definition) is 3. The van der Waals surface area contributed by atoms with Crippen LogP contribution in [0, 0.1) is 0 Å². The van der Waals surface area contributed by atoms with Crippen LogP contribution < -0.4 is 4.90 Å². The maximum absolute atomic E-state index is 11.9. The van der Waals surface area contributed by atoms with Gasteiger partial charge in [0.1, 0.15) is 0 Å². The van der Waals surface area contributed by atoms with Gasteiger partial charge in [-0.05, 0) is 49.6 Å². The highest BCUT2D eigenvalue weighted by Crippen LogP contribution is 2.33. The van der Waals surface area contributed by atoms with E-state index in [2.05, 4.69) is 11.9 Å². The van der Waals surface area contributed by atoms with Crippen LogP contribution in [0.25, 0.3) is 11.3 Å². The molecule has 5 heteroatoms.